The number of hydrogen-bond donors (Lipinski definition) is 2. The minimum absolute atomic E-state index is 0.190. The Labute approximate surface area is 104 Å². The molecule has 0 radical (unpaired) electrons. The fourth-order valence-electron chi connectivity index (χ4n) is 2.51. The van der Waals surface area contributed by atoms with Gasteiger partial charge in [-0.1, -0.05) is 24.3 Å². The van der Waals surface area contributed by atoms with Crippen molar-refractivity contribution in [3.05, 3.63) is 35.4 Å². The molecular weight excluding hydrogens is 210 g/mol. The molecule has 0 amide bonds. The molecule has 1 saturated carbocycles. The molecule has 2 nitrogen and oxygen atoms in total. The second-order valence-electron chi connectivity index (χ2n) is 5.83. The van der Waals surface area contributed by atoms with Crippen molar-refractivity contribution in [2.24, 2.45) is 5.73 Å². The van der Waals surface area contributed by atoms with E-state index < -0.39 is 0 Å². The van der Waals surface area contributed by atoms with Crippen molar-refractivity contribution in [2.75, 3.05) is 6.61 Å². The van der Waals surface area contributed by atoms with Gasteiger partial charge in [-0.2, -0.15) is 0 Å². The number of benzene rings is 1. The fourth-order valence-corrected chi connectivity index (χ4v) is 2.51. The average Bonchev–Trinajstić information content (AvgIpc) is 3.08. The van der Waals surface area contributed by atoms with E-state index in [1.807, 2.05) is 13.8 Å². The van der Waals surface area contributed by atoms with E-state index in [0.29, 0.717) is 0 Å². The molecule has 0 aliphatic heterocycles. The van der Waals surface area contributed by atoms with E-state index >= 15 is 0 Å². The minimum Gasteiger partial charge on any atom is -0.396 e. The zero-order valence-corrected chi connectivity index (χ0v) is 10.8. The lowest BCUT2D eigenvalue weighted by atomic mass is 9.80. The minimum atomic E-state index is -0.288. The summed E-state index contributed by atoms with van der Waals surface area (Å²) in [5.41, 5.74) is 8.61. The molecule has 1 aromatic rings. The maximum absolute atomic E-state index is 9.16. The first kappa shape index (κ1) is 12.6. The highest BCUT2D eigenvalue weighted by atomic mass is 16.3. The molecule has 17 heavy (non-hydrogen) atoms. The molecule has 2 heteroatoms. The number of hydrogen-bond acceptors (Lipinski definition) is 2. The highest BCUT2D eigenvalue weighted by Crippen LogP contribution is 2.40. The van der Waals surface area contributed by atoms with Gasteiger partial charge in [0.25, 0.3) is 0 Å². The van der Waals surface area contributed by atoms with E-state index in [9.17, 15) is 0 Å². The summed E-state index contributed by atoms with van der Waals surface area (Å²) < 4.78 is 0. The molecule has 0 saturated heterocycles. The first-order valence-corrected chi connectivity index (χ1v) is 6.52. The molecule has 0 heterocycles. The van der Waals surface area contributed by atoms with Crippen LogP contribution in [0.3, 0.4) is 0 Å². The van der Waals surface area contributed by atoms with Crippen molar-refractivity contribution in [3.63, 3.8) is 0 Å². The van der Waals surface area contributed by atoms with Crippen LogP contribution in [0.25, 0.3) is 0 Å². The van der Waals surface area contributed by atoms with Gasteiger partial charge in [0.1, 0.15) is 0 Å². The molecule has 94 valence electrons. The molecule has 1 aromatic carbocycles. The SMILES string of the molecule is CC(C)(N)C(CCO)c1ccc(C2CC2)cc1. The van der Waals surface area contributed by atoms with Gasteiger partial charge in [-0.3, -0.25) is 0 Å². The zero-order valence-electron chi connectivity index (χ0n) is 10.8. The largest absolute Gasteiger partial charge is 0.396 e. The molecule has 1 unspecified atom stereocenters. The van der Waals surface area contributed by atoms with Crippen LogP contribution >= 0.6 is 0 Å². The summed E-state index contributed by atoms with van der Waals surface area (Å²) in [6.07, 6.45) is 3.40. The topological polar surface area (TPSA) is 46.2 Å². The Balaban J connectivity index is 2.17. The number of aliphatic hydroxyl groups excluding tert-OH is 1. The van der Waals surface area contributed by atoms with E-state index in [1.165, 1.54) is 24.0 Å². The van der Waals surface area contributed by atoms with Gasteiger partial charge in [-0.05, 0) is 50.2 Å². The molecule has 1 atom stereocenters. The first-order chi connectivity index (χ1) is 8.02. The van der Waals surface area contributed by atoms with Gasteiger partial charge in [0.15, 0.2) is 0 Å². The van der Waals surface area contributed by atoms with Crippen molar-refractivity contribution in [2.45, 2.75) is 50.5 Å². The lowest BCUT2D eigenvalue weighted by Gasteiger charge is -2.30. The molecule has 1 aliphatic rings. The predicted octanol–water partition coefficient (Wildman–Crippen LogP) is 2.77. The summed E-state index contributed by atoms with van der Waals surface area (Å²) in [5, 5.41) is 9.16. The van der Waals surface area contributed by atoms with E-state index in [-0.39, 0.29) is 18.1 Å². The van der Waals surface area contributed by atoms with Crippen molar-refractivity contribution in [3.8, 4) is 0 Å². The van der Waals surface area contributed by atoms with Gasteiger partial charge in [0, 0.05) is 18.1 Å². The van der Waals surface area contributed by atoms with Gasteiger partial charge < -0.3 is 10.8 Å². The molecule has 1 fully saturated rings. The third-order valence-electron chi connectivity index (χ3n) is 3.70. The Kier molecular flexibility index (Phi) is 3.55. The average molecular weight is 233 g/mol. The second kappa shape index (κ2) is 4.79. The van der Waals surface area contributed by atoms with Gasteiger partial charge in [0.2, 0.25) is 0 Å². The van der Waals surface area contributed by atoms with Crippen LogP contribution in [0.5, 0.6) is 0 Å². The lowest BCUT2D eigenvalue weighted by molar-refractivity contribution is 0.250. The van der Waals surface area contributed by atoms with Crippen LogP contribution in [0, 0.1) is 0 Å². The van der Waals surface area contributed by atoms with Gasteiger partial charge in [-0.15, -0.1) is 0 Å². The van der Waals surface area contributed by atoms with Crippen LogP contribution in [-0.4, -0.2) is 17.3 Å². The Morgan fingerprint density at radius 2 is 1.88 bits per heavy atom. The third-order valence-corrected chi connectivity index (χ3v) is 3.70. The normalized spacial score (nSPS) is 18.1. The van der Waals surface area contributed by atoms with Crippen LogP contribution < -0.4 is 5.73 Å². The highest BCUT2D eigenvalue weighted by Gasteiger charge is 2.27. The first-order valence-electron chi connectivity index (χ1n) is 6.52. The summed E-state index contributed by atoms with van der Waals surface area (Å²) in [4.78, 5) is 0. The van der Waals surface area contributed by atoms with Gasteiger partial charge in [0.05, 0.1) is 0 Å². The van der Waals surface area contributed by atoms with Gasteiger partial charge in [-0.25, -0.2) is 0 Å². The van der Waals surface area contributed by atoms with Crippen molar-refractivity contribution >= 4 is 0 Å². The third kappa shape index (κ3) is 3.08. The Morgan fingerprint density at radius 3 is 2.29 bits per heavy atom. The predicted molar refractivity (Wildman–Crippen MR) is 71.1 cm³/mol. The molecule has 0 bridgehead atoms. The Bertz CT molecular complexity index is 360. The van der Waals surface area contributed by atoms with Crippen molar-refractivity contribution in [1.29, 1.82) is 0 Å². The molecule has 0 aromatic heterocycles. The van der Waals surface area contributed by atoms with Crippen LogP contribution in [-0.2, 0) is 0 Å². The maximum atomic E-state index is 9.16. The molecular formula is C15H23NO. The van der Waals surface area contributed by atoms with Crippen molar-refractivity contribution < 1.29 is 5.11 Å². The summed E-state index contributed by atoms with van der Waals surface area (Å²) in [6, 6.07) is 8.82. The Hall–Kier alpha value is -0.860. The lowest BCUT2D eigenvalue weighted by Crippen LogP contribution is -2.39. The molecule has 0 spiro atoms. The second-order valence-corrected chi connectivity index (χ2v) is 5.83. The van der Waals surface area contributed by atoms with E-state index in [2.05, 4.69) is 24.3 Å². The zero-order chi connectivity index (χ0) is 12.5. The van der Waals surface area contributed by atoms with E-state index in [0.717, 1.165) is 12.3 Å². The highest BCUT2D eigenvalue weighted by molar-refractivity contribution is 5.31. The number of nitrogens with two attached hydrogens (primary N) is 1. The smallest absolute Gasteiger partial charge is 0.0437 e. The van der Waals surface area contributed by atoms with Crippen molar-refractivity contribution in [1.82, 2.24) is 0 Å². The number of rotatable bonds is 5. The quantitative estimate of drug-likeness (QED) is 0.821. The molecule has 2 rings (SSSR count). The summed E-state index contributed by atoms with van der Waals surface area (Å²) in [5.74, 6) is 1.02. The van der Waals surface area contributed by atoms with Gasteiger partial charge >= 0.3 is 0 Å². The fraction of sp³-hybridized carbons (Fsp3) is 0.600. The summed E-state index contributed by atoms with van der Waals surface area (Å²) in [6.45, 7) is 4.25. The summed E-state index contributed by atoms with van der Waals surface area (Å²) >= 11 is 0. The number of aliphatic hydroxyl groups is 1. The van der Waals surface area contributed by atoms with E-state index in [4.69, 9.17) is 10.8 Å². The van der Waals surface area contributed by atoms with Crippen LogP contribution in [0.4, 0.5) is 0 Å². The Morgan fingerprint density at radius 1 is 1.29 bits per heavy atom. The van der Waals surface area contributed by atoms with Crippen LogP contribution in [0.1, 0.15) is 56.1 Å². The van der Waals surface area contributed by atoms with E-state index in [1.54, 1.807) is 0 Å². The monoisotopic (exact) mass is 233 g/mol. The standard InChI is InChI=1S/C15H23NO/c1-15(2,16)14(9-10-17)13-7-5-12(6-8-13)11-3-4-11/h5-8,11,14,17H,3-4,9-10,16H2,1-2H3. The van der Waals surface area contributed by atoms with Crippen LogP contribution in [0.2, 0.25) is 0 Å². The van der Waals surface area contributed by atoms with Crippen LogP contribution in [0.15, 0.2) is 24.3 Å². The molecule has 3 N–H and O–H groups in total. The summed E-state index contributed by atoms with van der Waals surface area (Å²) in [7, 11) is 0. The maximum Gasteiger partial charge on any atom is 0.0437 e. The molecule has 1 aliphatic carbocycles.